The molecule has 1 aliphatic rings. The molecule has 1 unspecified atom stereocenters. The van der Waals surface area contributed by atoms with Gasteiger partial charge >= 0.3 is 0 Å². The molecule has 0 aliphatic carbocycles. The van der Waals surface area contributed by atoms with Crippen LogP contribution in [-0.2, 0) is 9.53 Å². The van der Waals surface area contributed by atoms with Crippen LogP contribution in [0.3, 0.4) is 0 Å². The molecule has 6 heteroatoms. The summed E-state index contributed by atoms with van der Waals surface area (Å²) in [6.45, 7) is 1.16. The smallest absolute Gasteiger partial charge is 0.231 e. The summed E-state index contributed by atoms with van der Waals surface area (Å²) in [6.07, 6.45) is 0.780. The molecule has 2 aromatic rings. The van der Waals surface area contributed by atoms with E-state index >= 15 is 0 Å². The molecule has 1 amide bonds. The zero-order chi connectivity index (χ0) is 13.9. The SMILES string of the molecule is Nc1ccc(-c2csc(NC(=O)C3CCOC3)n2)cc1. The first-order valence-corrected chi connectivity index (χ1v) is 7.30. The summed E-state index contributed by atoms with van der Waals surface area (Å²) in [5, 5.41) is 5.39. The molecule has 2 heterocycles. The van der Waals surface area contributed by atoms with E-state index in [0.29, 0.717) is 18.3 Å². The second-order valence-electron chi connectivity index (χ2n) is 4.71. The van der Waals surface area contributed by atoms with Gasteiger partial charge in [0, 0.05) is 23.2 Å². The Morgan fingerprint density at radius 1 is 1.40 bits per heavy atom. The van der Waals surface area contributed by atoms with Crippen molar-refractivity contribution in [2.75, 3.05) is 24.3 Å². The molecule has 20 heavy (non-hydrogen) atoms. The van der Waals surface area contributed by atoms with Gasteiger partial charge in [-0.05, 0) is 18.6 Å². The minimum atomic E-state index is -0.0566. The number of aromatic nitrogens is 1. The number of ether oxygens (including phenoxy) is 1. The summed E-state index contributed by atoms with van der Waals surface area (Å²) < 4.78 is 5.21. The maximum absolute atomic E-state index is 12.0. The Bertz CT molecular complexity index is 603. The van der Waals surface area contributed by atoms with Crippen LogP contribution >= 0.6 is 11.3 Å². The fourth-order valence-corrected chi connectivity index (χ4v) is 2.79. The fourth-order valence-electron chi connectivity index (χ4n) is 2.07. The molecular formula is C14H15N3O2S. The molecule has 3 rings (SSSR count). The van der Waals surface area contributed by atoms with Crippen LogP contribution in [0.2, 0.25) is 0 Å². The Labute approximate surface area is 120 Å². The fraction of sp³-hybridized carbons (Fsp3) is 0.286. The van der Waals surface area contributed by atoms with E-state index in [2.05, 4.69) is 10.3 Å². The number of amides is 1. The summed E-state index contributed by atoms with van der Waals surface area (Å²) in [5.74, 6) is -0.0698. The van der Waals surface area contributed by atoms with Gasteiger partial charge in [0.2, 0.25) is 5.91 Å². The van der Waals surface area contributed by atoms with Crippen molar-refractivity contribution in [3.63, 3.8) is 0 Å². The predicted molar refractivity (Wildman–Crippen MR) is 79.5 cm³/mol. The van der Waals surface area contributed by atoms with Gasteiger partial charge in [-0.3, -0.25) is 4.79 Å². The highest BCUT2D eigenvalue weighted by atomic mass is 32.1. The highest BCUT2D eigenvalue weighted by molar-refractivity contribution is 7.14. The lowest BCUT2D eigenvalue weighted by Gasteiger charge is -2.06. The number of nitrogens with one attached hydrogen (secondary N) is 1. The van der Waals surface area contributed by atoms with Crippen molar-refractivity contribution in [3.8, 4) is 11.3 Å². The molecule has 3 N–H and O–H groups in total. The zero-order valence-corrected chi connectivity index (χ0v) is 11.7. The Kier molecular flexibility index (Phi) is 3.66. The van der Waals surface area contributed by atoms with Gasteiger partial charge in [0.1, 0.15) is 0 Å². The van der Waals surface area contributed by atoms with Crippen LogP contribution < -0.4 is 11.1 Å². The van der Waals surface area contributed by atoms with Gasteiger partial charge in [0.15, 0.2) is 5.13 Å². The maximum Gasteiger partial charge on any atom is 0.231 e. The number of rotatable bonds is 3. The number of nitrogen functional groups attached to an aromatic ring is 1. The summed E-state index contributed by atoms with van der Waals surface area (Å²) in [7, 11) is 0. The number of hydrogen-bond acceptors (Lipinski definition) is 5. The third kappa shape index (κ3) is 2.81. The first-order valence-electron chi connectivity index (χ1n) is 6.42. The van der Waals surface area contributed by atoms with Crippen LogP contribution in [0, 0.1) is 5.92 Å². The summed E-state index contributed by atoms with van der Waals surface area (Å²) >= 11 is 1.42. The molecule has 104 valence electrons. The van der Waals surface area contributed by atoms with E-state index in [1.54, 1.807) is 0 Å². The van der Waals surface area contributed by atoms with Crippen molar-refractivity contribution in [1.82, 2.24) is 4.98 Å². The van der Waals surface area contributed by atoms with Crippen molar-refractivity contribution >= 4 is 28.1 Å². The van der Waals surface area contributed by atoms with Gasteiger partial charge in [-0.15, -0.1) is 11.3 Å². The maximum atomic E-state index is 12.0. The molecule has 1 fully saturated rings. The van der Waals surface area contributed by atoms with Crippen molar-refractivity contribution in [2.45, 2.75) is 6.42 Å². The molecule has 0 radical (unpaired) electrons. The zero-order valence-electron chi connectivity index (χ0n) is 10.8. The molecule has 0 spiro atoms. The van der Waals surface area contributed by atoms with Crippen molar-refractivity contribution in [2.24, 2.45) is 5.92 Å². The van der Waals surface area contributed by atoms with Crippen molar-refractivity contribution in [3.05, 3.63) is 29.6 Å². The molecule has 1 aromatic carbocycles. The molecular weight excluding hydrogens is 274 g/mol. The van der Waals surface area contributed by atoms with Gasteiger partial charge in [-0.25, -0.2) is 4.98 Å². The lowest BCUT2D eigenvalue weighted by atomic mass is 10.1. The quantitative estimate of drug-likeness (QED) is 0.850. The molecule has 1 saturated heterocycles. The van der Waals surface area contributed by atoms with Gasteiger partial charge in [0.05, 0.1) is 18.2 Å². The summed E-state index contributed by atoms with van der Waals surface area (Å²) in [6, 6.07) is 7.51. The third-order valence-electron chi connectivity index (χ3n) is 3.24. The van der Waals surface area contributed by atoms with E-state index in [1.165, 1.54) is 11.3 Å². The number of carbonyl (C=O) groups excluding carboxylic acids is 1. The van der Waals surface area contributed by atoms with Gasteiger partial charge in [0.25, 0.3) is 0 Å². The summed E-state index contributed by atoms with van der Waals surface area (Å²) in [4.78, 5) is 16.4. The normalized spacial score (nSPS) is 18.1. The molecule has 0 saturated carbocycles. The number of anilines is 2. The molecule has 1 aliphatic heterocycles. The van der Waals surface area contributed by atoms with E-state index in [-0.39, 0.29) is 11.8 Å². The first-order chi connectivity index (χ1) is 9.72. The second kappa shape index (κ2) is 5.60. The van der Waals surface area contributed by atoms with E-state index in [0.717, 1.165) is 23.4 Å². The minimum absolute atomic E-state index is 0.0132. The minimum Gasteiger partial charge on any atom is -0.399 e. The Hall–Kier alpha value is -1.92. The van der Waals surface area contributed by atoms with Gasteiger partial charge < -0.3 is 15.8 Å². The topological polar surface area (TPSA) is 77.2 Å². The van der Waals surface area contributed by atoms with E-state index in [9.17, 15) is 4.79 Å². The second-order valence-corrected chi connectivity index (χ2v) is 5.57. The Balaban J connectivity index is 1.70. The van der Waals surface area contributed by atoms with Crippen molar-refractivity contribution in [1.29, 1.82) is 0 Å². The van der Waals surface area contributed by atoms with Crippen molar-refractivity contribution < 1.29 is 9.53 Å². The Morgan fingerprint density at radius 2 is 2.20 bits per heavy atom. The molecule has 0 bridgehead atoms. The number of hydrogen-bond donors (Lipinski definition) is 2. The highest BCUT2D eigenvalue weighted by Crippen LogP contribution is 2.26. The monoisotopic (exact) mass is 289 g/mol. The predicted octanol–water partition coefficient (Wildman–Crippen LogP) is 2.37. The van der Waals surface area contributed by atoms with Crippen LogP contribution in [-0.4, -0.2) is 24.1 Å². The van der Waals surface area contributed by atoms with Crippen LogP contribution in [0.15, 0.2) is 29.6 Å². The van der Waals surface area contributed by atoms with E-state index in [4.69, 9.17) is 10.5 Å². The number of nitrogens with zero attached hydrogens (tertiary/aromatic N) is 1. The Morgan fingerprint density at radius 3 is 2.90 bits per heavy atom. The van der Waals surface area contributed by atoms with E-state index in [1.807, 2.05) is 29.6 Å². The van der Waals surface area contributed by atoms with Gasteiger partial charge in [-0.2, -0.15) is 0 Å². The number of benzene rings is 1. The summed E-state index contributed by atoms with van der Waals surface area (Å²) in [5.41, 5.74) is 8.21. The van der Waals surface area contributed by atoms with E-state index < -0.39 is 0 Å². The third-order valence-corrected chi connectivity index (χ3v) is 4.00. The largest absolute Gasteiger partial charge is 0.399 e. The molecule has 5 nitrogen and oxygen atoms in total. The number of carbonyl (C=O) groups is 1. The average molecular weight is 289 g/mol. The first kappa shape index (κ1) is 13.1. The van der Waals surface area contributed by atoms with Crippen LogP contribution in [0.4, 0.5) is 10.8 Å². The van der Waals surface area contributed by atoms with Crippen LogP contribution in [0.25, 0.3) is 11.3 Å². The molecule has 1 aromatic heterocycles. The lowest BCUT2D eigenvalue weighted by Crippen LogP contribution is -2.22. The number of nitrogens with two attached hydrogens (primary N) is 1. The van der Waals surface area contributed by atoms with Crippen LogP contribution in [0.5, 0.6) is 0 Å². The van der Waals surface area contributed by atoms with Crippen LogP contribution in [0.1, 0.15) is 6.42 Å². The van der Waals surface area contributed by atoms with Gasteiger partial charge in [-0.1, -0.05) is 12.1 Å². The molecule has 1 atom stereocenters. The standard InChI is InChI=1S/C14H15N3O2S/c15-11-3-1-9(2-4-11)12-8-20-14(16-12)17-13(18)10-5-6-19-7-10/h1-4,8,10H,5-7,15H2,(H,16,17,18). The highest BCUT2D eigenvalue weighted by Gasteiger charge is 2.24. The average Bonchev–Trinajstić information content (AvgIpc) is 3.10. The number of thiazole rings is 1. The lowest BCUT2D eigenvalue weighted by molar-refractivity contribution is -0.119.